The van der Waals surface area contributed by atoms with Gasteiger partial charge in [0.15, 0.2) is 0 Å². The molecule has 30 heavy (non-hydrogen) atoms. The molecule has 5 rings (SSSR count). The highest BCUT2D eigenvalue weighted by Crippen LogP contribution is 2.45. The fraction of sp³-hybridized carbons (Fsp3) is 0.476. The number of morpholine rings is 1. The summed E-state index contributed by atoms with van der Waals surface area (Å²) in [5.41, 5.74) is 3.37. The Bertz CT molecular complexity index is 1020. The SMILES string of the molecule is CC(=O)Nc1sc2c(c1-c1nc3cnccc3s1)CCN(CCN1CCOCC1)C2. The fourth-order valence-electron chi connectivity index (χ4n) is 4.12. The molecule has 0 saturated carbocycles. The zero-order valence-corrected chi connectivity index (χ0v) is 18.7. The zero-order valence-electron chi connectivity index (χ0n) is 17.0. The molecule has 0 spiro atoms. The summed E-state index contributed by atoms with van der Waals surface area (Å²) in [6, 6.07) is 2.00. The minimum absolute atomic E-state index is 0.0400. The average Bonchev–Trinajstić information content (AvgIpc) is 3.32. The van der Waals surface area contributed by atoms with E-state index < -0.39 is 0 Å². The van der Waals surface area contributed by atoms with Gasteiger partial charge in [0, 0.05) is 62.8 Å². The topological polar surface area (TPSA) is 70.6 Å². The van der Waals surface area contributed by atoms with Crippen molar-refractivity contribution in [2.24, 2.45) is 0 Å². The highest BCUT2D eigenvalue weighted by Gasteiger charge is 2.27. The average molecular weight is 444 g/mol. The van der Waals surface area contributed by atoms with E-state index >= 15 is 0 Å². The van der Waals surface area contributed by atoms with Crippen molar-refractivity contribution in [3.8, 4) is 10.6 Å². The molecular formula is C21H25N5O2S2. The lowest BCUT2D eigenvalue weighted by Crippen LogP contribution is -2.42. The normalized spacial score (nSPS) is 17.9. The van der Waals surface area contributed by atoms with E-state index in [1.807, 2.05) is 6.07 Å². The van der Waals surface area contributed by atoms with E-state index in [1.165, 1.54) is 10.4 Å². The molecule has 3 aromatic heterocycles. The van der Waals surface area contributed by atoms with Gasteiger partial charge < -0.3 is 10.1 Å². The van der Waals surface area contributed by atoms with Crippen LogP contribution < -0.4 is 5.32 Å². The second-order valence-corrected chi connectivity index (χ2v) is 9.87. The number of nitrogens with one attached hydrogen (secondary N) is 1. The molecule has 3 aromatic rings. The third-order valence-electron chi connectivity index (χ3n) is 5.67. The van der Waals surface area contributed by atoms with Crippen LogP contribution in [0.15, 0.2) is 18.5 Å². The fourth-order valence-corrected chi connectivity index (χ4v) is 6.53. The van der Waals surface area contributed by atoms with Crippen LogP contribution in [0.25, 0.3) is 20.8 Å². The number of hydrogen-bond donors (Lipinski definition) is 1. The molecule has 7 nitrogen and oxygen atoms in total. The number of hydrogen-bond acceptors (Lipinski definition) is 8. The third-order valence-corrected chi connectivity index (χ3v) is 7.85. The van der Waals surface area contributed by atoms with Gasteiger partial charge in [-0.25, -0.2) is 4.98 Å². The summed E-state index contributed by atoms with van der Waals surface area (Å²) in [5.74, 6) is -0.0400. The molecule has 0 atom stereocenters. The van der Waals surface area contributed by atoms with Gasteiger partial charge in [0.2, 0.25) is 5.91 Å². The standard InChI is InChI=1S/C21H25N5O2S2/c1-14(27)23-20-19(21-24-16-12-22-4-2-17(16)29-21)15-3-5-26(13-18(15)30-20)7-6-25-8-10-28-11-9-25/h2,4,12H,3,5-11,13H2,1H3,(H,23,27). The van der Waals surface area contributed by atoms with E-state index in [9.17, 15) is 4.79 Å². The maximum atomic E-state index is 11.9. The second kappa shape index (κ2) is 8.68. The van der Waals surface area contributed by atoms with Gasteiger partial charge in [0.05, 0.1) is 24.1 Å². The summed E-state index contributed by atoms with van der Waals surface area (Å²) in [5, 5.41) is 4.96. The highest BCUT2D eigenvalue weighted by molar-refractivity contribution is 7.22. The van der Waals surface area contributed by atoms with E-state index in [0.29, 0.717) is 0 Å². The maximum absolute atomic E-state index is 11.9. The van der Waals surface area contributed by atoms with Crippen molar-refractivity contribution in [3.63, 3.8) is 0 Å². The molecule has 0 bridgehead atoms. The third kappa shape index (κ3) is 4.13. The number of thiophene rings is 1. The van der Waals surface area contributed by atoms with Crippen LogP contribution in [-0.2, 0) is 22.5 Å². The van der Waals surface area contributed by atoms with Crippen LogP contribution in [0.3, 0.4) is 0 Å². The number of rotatable bonds is 5. The first kappa shape index (κ1) is 20.0. The molecule has 0 aliphatic carbocycles. The van der Waals surface area contributed by atoms with Gasteiger partial charge in [0.1, 0.15) is 15.5 Å². The number of fused-ring (bicyclic) bond motifs is 2. The Hall–Kier alpha value is -1.91. The molecule has 2 aliphatic rings. The number of thiazole rings is 1. The van der Waals surface area contributed by atoms with Gasteiger partial charge in [-0.15, -0.1) is 22.7 Å². The van der Waals surface area contributed by atoms with Crippen LogP contribution in [-0.4, -0.2) is 71.6 Å². The molecule has 1 amide bonds. The first-order valence-corrected chi connectivity index (χ1v) is 12.0. The monoisotopic (exact) mass is 443 g/mol. The van der Waals surface area contributed by atoms with E-state index in [-0.39, 0.29) is 5.91 Å². The molecule has 9 heteroatoms. The van der Waals surface area contributed by atoms with Crippen LogP contribution >= 0.6 is 22.7 Å². The molecule has 0 radical (unpaired) electrons. The first-order chi connectivity index (χ1) is 14.7. The Morgan fingerprint density at radius 1 is 1.20 bits per heavy atom. The van der Waals surface area contributed by atoms with Crippen LogP contribution in [0, 0.1) is 0 Å². The van der Waals surface area contributed by atoms with Crippen molar-refractivity contribution in [3.05, 3.63) is 28.9 Å². The van der Waals surface area contributed by atoms with Crippen LogP contribution in [0.4, 0.5) is 5.00 Å². The lowest BCUT2D eigenvalue weighted by atomic mass is 10.0. The van der Waals surface area contributed by atoms with Gasteiger partial charge in [-0.3, -0.25) is 19.6 Å². The van der Waals surface area contributed by atoms with Crippen molar-refractivity contribution in [1.82, 2.24) is 19.8 Å². The number of carbonyl (C=O) groups is 1. The largest absolute Gasteiger partial charge is 0.379 e. The summed E-state index contributed by atoms with van der Waals surface area (Å²) in [4.78, 5) is 27.2. The molecule has 2 aliphatic heterocycles. The van der Waals surface area contributed by atoms with Crippen molar-refractivity contribution < 1.29 is 9.53 Å². The van der Waals surface area contributed by atoms with Gasteiger partial charge >= 0.3 is 0 Å². The van der Waals surface area contributed by atoms with E-state index in [1.54, 1.807) is 42.0 Å². The molecule has 5 heterocycles. The Labute approximate surface area is 183 Å². The molecule has 0 unspecified atom stereocenters. The molecule has 0 aromatic carbocycles. The summed E-state index contributed by atoms with van der Waals surface area (Å²) in [7, 11) is 0. The lowest BCUT2D eigenvalue weighted by Gasteiger charge is -2.31. The van der Waals surface area contributed by atoms with Gasteiger partial charge in [0.25, 0.3) is 0 Å². The Morgan fingerprint density at radius 2 is 2.03 bits per heavy atom. The number of amides is 1. The lowest BCUT2D eigenvalue weighted by molar-refractivity contribution is -0.114. The number of nitrogens with zero attached hydrogens (tertiary/aromatic N) is 4. The van der Waals surface area contributed by atoms with Gasteiger partial charge in [-0.2, -0.15) is 0 Å². The van der Waals surface area contributed by atoms with Crippen LogP contribution in [0.1, 0.15) is 17.4 Å². The van der Waals surface area contributed by atoms with Gasteiger partial charge in [-0.1, -0.05) is 0 Å². The van der Waals surface area contributed by atoms with Crippen molar-refractivity contribution >= 4 is 43.8 Å². The summed E-state index contributed by atoms with van der Waals surface area (Å²) in [6.45, 7) is 9.43. The van der Waals surface area contributed by atoms with Crippen molar-refractivity contribution in [1.29, 1.82) is 0 Å². The Balaban J connectivity index is 1.40. The molecule has 158 valence electrons. The highest BCUT2D eigenvalue weighted by atomic mass is 32.1. The molecular weight excluding hydrogens is 418 g/mol. The quantitative estimate of drug-likeness (QED) is 0.654. The Kier molecular flexibility index (Phi) is 5.79. The van der Waals surface area contributed by atoms with Crippen LogP contribution in [0.5, 0.6) is 0 Å². The van der Waals surface area contributed by atoms with Crippen molar-refractivity contribution in [2.45, 2.75) is 19.9 Å². The predicted octanol–water partition coefficient (Wildman–Crippen LogP) is 3.07. The minimum atomic E-state index is -0.0400. The first-order valence-electron chi connectivity index (χ1n) is 10.3. The van der Waals surface area contributed by atoms with E-state index in [0.717, 1.165) is 84.7 Å². The summed E-state index contributed by atoms with van der Waals surface area (Å²) in [6.07, 6.45) is 4.59. The zero-order chi connectivity index (χ0) is 20.5. The number of carbonyl (C=O) groups excluding carboxylic acids is 1. The number of anilines is 1. The minimum Gasteiger partial charge on any atom is -0.379 e. The molecule has 1 fully saturated rings. The summed E-state index contributed by atoms with van der Waals surface area (Å²) < 4.78 is 6.57. The van der Waals surface area contributed by atoms with E-state index in [2.05, 4.69) is 20.1 Å². The molecule has 1 saturated heterocycles. The predicted molar refractivity (Wildman–Crippen MR) is 121 cm³/mol. The number of aromatic nitrogens is 2. The molecule has 1 N–H and O–H groups in total. The second-order valence-electron chi connectivity index (χ2n) is 7.73. The van der Waals surface area contributed by atoms with Crippen molar-refractivity contribution in [2.75, 3.05) is 51.3 Å². The smallest absolute Gasteiger partial charge is 0.221 e. The Morgan fingerprint density at radius 3 is 2.83 bits per heavy atom. The van der Waals surface area contributed by atoms with Gasteiger partial charge in [-0.05, 0) is 18.1 Å². The number of ether oxygens (including phenoxy) is 1. The van der Waals surface area contributed by atoms with Crippen LogP contribution in [0.2, 0.25) is 0 Å². The summed E-state index contributed by atoms with van der Waals surface area (Å²) >= 11 is 3.38. The maximum Gasteiger partial charge on any atom is 0.221 e. The van der Waals surface area contributed by atoms with E-state index in [4.69, 9.17) is 9.72 Å². The number of pyridine rings is 1.